The van der Waals surface area contributed by atoms with Crippen molar-refractivity contribution in [3.8, 4) is 22.5 Å². The zero-order valence-electron chi connectivity index (χ0n) is 19.2. The molecule has 0 radical (unpaired) electrons. The zero-order valence-corrected chi connectivity index (χ0v) is 20.0. The Morgan fingerprint density at radius 2 is 1.37 bits per heavy atom. The van der Waals surface area contributed by atoms with Gasteiger partial charge in [-0.2, -0.15) is 0 Å². The first kappa shape index (κ1) is 24.1. The minimum Gasteiger partial charge on any atom is -0.465 e. The fraction of sp³-hybridized carbons (Fsp3) is 0.148. The van der Waals surface area contributed by atoms with Crippen molar-refractivity contribution < 1.29 is 14.3 Å². The monoisotopic (exact) mass is 484 g/mol. The molecule has 0 saturated carbocycles. The van der Waals surface area contributed by atoms with Crippen molar-refractivity contribution in [1.82, 2.24) is 15.2 Å². The van der Waals surface area contributed by atoms with Gasteiger partial charge in [0.05, 0.1) is 12.4 Å². The van der Waals surface area contributed by atoms with Crippen LogP contribution in [-0.4, -0.2) is 46.0 Å². The number of rotatable bonds is 9. The summed E-state index contributed by atoms with van der Waals surface area (Å²) >= 11 is 1.18. The summed E-state index contributed by atoms with van der Waals surface area (Å²) < 4.78 is 5.05. The molecule has 0 unspecified atom stereocenters. The second-order valence-corrected chi connectivity index (χ2v) is 8.38. The molecule has 4 aromatic rings. The van der Waals surface area contributed by atoms with Gasteiger partial charge in [0.25, 0.3) is 0 Å². The van der Waals surface area contributed by atoms with Crippen LogP contribution < -0.4 is 4.90 Å². The lowest BCUT2D eigenvalue weighted by atomic mass is 10.0. The summed E-state index contributed by atoms with van der Waals surface area (Å²) in [5, 5.41) is 9.10. The number of carbonyl (C=O) groups is 2. The van der Waals surface area contributed by atoms with Gasteiger partial charge in [0.2, 0.25) is 11.1 Å². The number of esters is 1. The number of thioether (sulfide) groups is 1. The second kappa shape index (κ2) is 11.9. The molecule has 0 bridgehead atoms. The van der Waals surface area contributed by atoms with Crippen molar-refractivity contribution in [2.45, 2.75) is 12.1 Å². The van der Waals surface area contributed by atoms with Crippen LogP contribution in [0.15, 0.2) is 96.2 Å². The number of carbonyl (C=O) groups excluding carboxylic acids is 2. The minimum atomic E-state index is -0.466. The Morgan fingerprint density at radius 1 is 0.800 bits per heavy atom. The van der Waals surface area contributed by atoms with Gasteiger partial charge in [-0.25, -0.2) is 4.98 Å². The first-order chi connectivity index (χ1) is 17.2. The Bertz CT molecular complexity index is 1270. The van der Waals surface area contributed by atoms with E-state index in [-0.39, 0.29) is 24.8 Å². The number of anilines is 1. The molecular formula is C27H24N4O3S. The molecule has 176 valence electrons. The SMILES string of the molecule is CCOC(=O)CN(C(=O)CSc1nnc(-c2ccccc2)c(-c2ccccc2)n1)c1ccccc1. The Balaban J connectivity index is 1.57. The number of hydrogen-bond acceptors (Lipinski definition) is 7. The number of para-hydroxylation sites is 1. The maximum atomic E-state index is 13.1. The van der Waals surface area contributed by atoms with Crippen LogP contribution in [0.25, 0.3) is 22.5 Å². The second-order valence-electron chi connectivity index (χ2n) is 7.43. The predicted octanol–water partition coefficient (Wildman–Crippen LogP) is 4.89. The van der Waals surface area contributed by atoms with E-state index < -0.39 is 5.97 Å². The van der Waals surface area contributed by atoms with Crippen LogP contribution in [0, 0.1) is 0 Å². The Labute approximate surface area is 208 Å². The van der Waals surface area contributed by atoms with Crippen molar-refractivity contribution in [2.24, 2.45) is 0 Å². The van der Waals surface area contributed by atoms with Crippen LogP contribution in [0.1, 0.15) is 6.92 Å². The lowest BCUT2D eigenvalue weighted by Gasteiger charge is -2.21. The van der Waals surface area contributed by atoms with Crippen molar-refractivity contribution in [3.05, 3.63) is 91.0 Å². The molecule has 0 saturated heterocycles. The van der Waals surface area contributed by atoms with Crippen LogP contribution in [0.5, 0.6) is 0 Å². The van der Waals surface area contributed by atoms with Crippen LogP contribution in [0.4, 0.5) is 5.69 Å². The third kappa shape index (κ3) is 6.30. The van der Waals surface area contributed by atoms with Gasteiger partial charge in [-0.3, -0.25) is 9.59 Å². The van der Waals surface area contributed by atoms with E-state index in [9.17, 15) is 9.59 Å². The largest absolute Gasteiger partial charge is 0.465 e. The van der Waals surface area contributed by atoms with E-state index in [2.05, 4.69) is 10.2 Å². The normalized spacial score (nSPS) is 10.5. The lowest BCUT2D eigenvalue weighted by Crippen LogP contribution is -2.37. The molecule has 0 fully saturated rings. The summed E-state index contributed by atoms with van der Waals surface area (Å²) in [4.78, 5) is 31.4. The van der Waals surface area contributed by atoms with E-state index >= 15 is 0 Å². The molecule has 0 aliphatic carbocycles. The molecule has 1 aromatic heterocycles. The first-order valence-electron chi connectivity index (χ1n) is 11.1. The van der Waals surface area contributed by atoms with Crippen molar-refractivity contribution in [3.63, 3.8) is 0 Å². The highest BCUT2D eigenvalue weighted by atomic mass is 32.2. The van der Waals surface area contributed by atoms with Crippen LogP contribution in [0.2, 0.25) is 0 Å². The summed E-state index contributed by atoms with van der Waals surface area (Å²) in [7, 11) is 0. The summed E-state index contributed by atoms with van der Waals surface area (Å²) in [6.07, 6.45) is 0. The molecular weight excluding hydrogens is 460 g/mol. The molecule has 0 atom stereocenters. The molecule has 0 aliphatic rings. The maximum absolute atomic E-state index is 13.1. The van der Waals surface area contributed by atoms with E-state index in [1.54, 1.807) is 19.1 Å². The Morgan fingerprint density at radius 3 is 1.97 bits per heavy atom. The molecule has 1 amide bonds. The Hall–Kier alpha value is -4.04. The molecule has 0 N–H and O–H groups in total. The summed E-state index contributed by atoms with van der Waals surface area (Å²) in [6.45, 7) is 1.81. The highest BCUT2D eigenvalue weighted by Gasteiger charge is 2.21. The van der Waals surface area contributed by atoms with Crippen molar-refractivity contribution in [1.29, 1.82) is 0 Å². The van der Waals surface area contributed by atoms with Gasteiger partial charge in [-0.05, 0) is 19.1 Å². The van der Waals surface area contributed by atoms with E-state index in [0.29, 0.717) is 22.2 Å². The first-order valence-corrected chi connectivity index (χ1v) is 12.1. The average Bonchev–Trinajstić information content (AvgIpc) is 2.92. The highest BCUT2D eigenvalue weighted by Crippen LogP contribution is 2.29. The fourth-order valence-corrected chi connectivity index (χ4v) is 4.09. The van der Waals surface area contributed by atoms with E-state index in [0.717, 1.165) is 11.1 Å². The molecule has 8 heteroatoms. The van der Waals surface area contributed by atoms with Gasteiger partial charge in [0, 0.05) is 16.8 Å². The topological polar surface area (TPSA) is 85.3 Å². The van der Waals surface area contributed by atoms with E-state index in [4.69, 9.17) is 9.72 Å². The quantitative estimate of drug-likeness (QED) is 0.247. The van der Waals surface area contributed by atoms with Crippen LogP contribution >= 0.6 is 11.8 Å². The Kier molecular flexibility index (Phi) is 8.19. The standard InChI is InChI=1S/C27H24N4O3S/c1-2-34-24(33)18-31(22-16-10-5-11-17-22)23(32)19-35-27-28-25(20-12-6-3-7-13-20)26(29-30-27)21-14-8-4-9-15-21/h3-17H,2,18-19H2,1H3. The van der Waals surface area contributed by atoms with Crippen molar-refractivity contribution in [2.75, 3.05) is 23.8 Å². The lowest BCUT2D eigenvalue weighted by molar-refractivity contribution is -0.142. The zero-order chi connectivity index (χ0) is 24.5. The smallest absolute Gasteiger partial charge is 0.326 e. The number of hydrogen-bond donors (Lipinski definition) is 0. The molecule has 7 nitrogen and oxygen atoms in total. The number of benzene rings is 3. The minimum absolute atomic E-state index is 0.0366. The summed E-state index contributed by atoms with van der Waals surface area (Å²) in [5.74, 6) is -0.688. The molecule has 4 rings (SSSR count). The number of nitrogens with zero attached hydrogens (tertiary/aromatic N) is 4. The van der Waals surface area contributed by atoms with Gasteiger partial charge in [-0.1, -0.05) is 90.6 Å². The van der Waals surface area contributed by atoms with E-state index in [1.165, 1.54) is 16.7 Å². The average molecular weight is 485 g/mol. The number of aromatic nitrogens is 3. The van der Waals surface area contributed by atoms with Crippen LogP contribution in [0.3, 0.4) is 0 Å². The van der Waals surface area contributed by atoms with E-state index in [1.807, 2.05) is 78.9 Å². The molecule has 0 aliphatic heterocycles. The molecule has 0 spiro atoms. The molecule has 1 heterocycles. The molecule has 3 aromatic carbocycles. The van der Waals surface area contributed by atoms with Gasteiger partial charge in [0.1, 0.15) is 17.9 Å². The van der Waals surface area contributed by atoms with Gasteiger partial charge in [-0.15, -0.1) is 10.2 Å². The predicted molar refractivity (Wildman–Crippen MR) is 137 cm³/mol. The third-order valence-corrected chi connectivity index (χ3v) is 5.87. The number of amides is 1. The summed E-state index contributed by atoms with van der Waals surface area (Å²) in [6, 6.07) is 28.5. The fourth-order valence-electron chi connectivity index (χ4n) is 3.43. The van der Waals surface area contributed by atoms with Crippen molar-refractivity contribution >= 4 is 29.3 Å². The van der Waals surface area contributed by atoms with Gasteiger partial charge in [0.15, 0.2) is 0 Å². The molecule has 35 heavy (non-hydrogen) atoms. The van der Waals surface area contributed by atoms with Gasteiger partial charge < -0.3 is 9.64 Å². The van der Waals surface area contributed by atoms with Crippen LogP contribution in [-0.2, 0) is 14.3 Å². The maximum Gasteiger partial charge on any atom is 0.326 e. The highest BCUT2D eigenvalue weighted by molar-refractivity contribution is 7.99. The number of ether oxygens (including phenoxy) is 1. The van der Waals surface area contributed by atoms with Gasteiger partial charge >= 0.3 is 5.97 Å². The third-order valence-electron chi connectivity index (χ3n) is 5.05. The summed E-state index contributed by atoms with van der Waals surface area (Å²) in [5.41, 5.74) is 3.79.